The van der Waals surface area contributed by atoms with Crippen LogP contribution in [0, 0.1) is 0 Å². The average Bonchev–Trinajstić information content (AvgIpc) is 3.08. The van der Waals surface area contributed by atoms with E-state index in [1.54, 1.807) is 6.07 Å². The maximum absolute atomic E-state index is 11.4. The lowest BCUT2D eigenvalue weighted by Gasteiger charge is -2.10. The number of nitrogens with zero attached hydrogens (tertiary/aromatic N) is 4. The molecule has 0 aliphatic rings. The normalized spacial score (nSPS) is 11.8. The first-order valence-electron chi connectivity index (χ1n) is 10.9. The van der Waals surface area contributed by atoms with Crippen molar-refractivity contribution in [3.63, 3.8) is 0 Å². The van der Waals surface area contributed by atoms with Gasteiger partial charge in [0.1, 0.15) is 0 Å². The number of rotatable bonds is 7. The third-order valence-corrected chi connectivity index (χ3v) is 5.80. The Labute approximate surface area is 200 Å². The van der Waals surface area contributed by atoms with Gasteiger partial charge < -0.3 is 10.0 Å². The van der Waals surface area contributed by atoms with Crippen LogP contribution in [-0.2, 0) is 23.5 Å². The highest BCUT2D eigenvalue weighted by Crippen LogP contribution is 2.35. The maximum atomic E-state index is 11.4. The number of aliphatic imine (C=N–C) groups is 1. The molecule has 1 heterocycles. The minimum Gasteiger partial charge on any atom is -0.493 e. The Kier molecular flexibility index (Phi) is 6.90. The van der Waals surface area contributed by atoms with E-state index >= 15 is 0 Å². The molecule has 7 nitrogen and oxygen atoms in total. The lowest BCUT2D eigenvalue weighted by atomic mass is 9.99. The van der Waals surface area contributed by atoms with E-state index in [9.17, 15) is 13.5 Å². The van der Waals surface area contributed by atoms with Crippen LogP contribution in [0.1, 0.15) is 29.2 Å². The molecule has 1 aromatic heterocycles. The minimum absolute atomic E-state index is 0.278. The van der Waals surface area contributed by atoms with Crippen molar-refractivity contribution in [2.75, 3.05) is 14.1 Å². The molecule has 0 unspecified atom stereocenters. The van der Waals surface area contributed by atoms with Crippen LogP contribution in [0.3, 0.4) is 0 Å². The molecule has 0 bridgehead atoms. The van der Waals surface area contributed by atoms with Gasteiger partial charge in [-0.15, -0.1) is 0 Å². The van der Waals surface area contributed by atoms with E-state index in [4.69, 9.17) is 4.99 Å². The zero-order valence-corrected chi connectivity index (χ0v) is 20.1. The molecule has 1 N–H and O–H groups in total. The molecule has 174 valence electrons. The Bertz CT molecular complexity index is 1480. The summed E-state index contributed by atoms with van der Waals surface area (Å²) in [6, 6.07) is 23.1. The van der Waals surface area contributed by atoms with E-state index in [-0.39, 0.29) is 5.88 Å². The van der Waals surface area contributed by atoms with Gasteiger partial charge in [0.25, 0.3) is 0 Å². The molecule has 8 heteroatoms. The van der Waals surface area contributed by atoms with Crippen molar-refractivity contribution in [1.82, 2.24) is 9.58 Å². The average molecular weight is 475 g/mol. The van der Waals surface area contributed by atoms with Crippen molar-refractivity contribution >= 4 is 32.8 Å². The van der Waals surface area contributed by atoms with Crippen LogP contribution in [0.15, 0.2) is 82.3 Å². The second-order valence-corrected chi connectivity index (χ2v) is 8.84. The van der Waals surface area contributed by atoms with E-state index in [0.29, 0.717) is 22.2 Å². The van der Waals surface area contributed by atoms with Gasteiger partial charge in [0.05, 0.1) is 22.5 Å². The van der Waals surface area contributed by atoms with E-state index in [0.717, 1.165) is 40.0 Å². The Balaban J connectivity index is 1.99. The molecule has 0 fully saturated rings. The number of aromatic hydroxyl groups is 1. The number of hydrogen-bond acceptors (Lipinski definition) is 6. The topological polar surface area (TPSA) is 87.3 Å². The highest BCUT2D eigenvalue weighted by Gasteiger charge is 2.23. The summed E-state index contributed by atoms with van der Waals surface area (Å²) in [5.74, 6) is -0.278. The Morgan fingerprint density at radius 3 is 2.26 bits per heavy atom. The molecule has 4 rings (SSSR count). The van der Waals surface area contributed by atoms with Crippen molar-refractivity contribution in [2.24, 2.45) is 9.46 Å². The smallest absolute Gasteiger partial charge is 0.333 e. The Morgan fingerprint density at radius 1 is 0.971 bits per heavy atom. The van der Waals surface area contributed by atoms with Crippen molar-refractivity contribution in [1.29, 1.82) is 0 Å². The van der Waals surface area contributed by atoms with Crippen molar-refractivity contribution in [3.8, 4) is 5.88 Å². The molecular weight excluding hydrogens is 448 g/mol. The summed E-state index contributed by atoms with van der Waals surface area (Å²) in [5.41, 5.74) is 5.17. The van der Waals surface area contributed by atoms with Crippen molar-refractivity contribution in [2.45, 2.75) is 19.9 Å². The monoisotopic (exact) mass is 474 g/mol. The number of fused-ring (bicyclic) bond motifs is 1. The fraction of sp³-hybridized carbons (Fsp3) is 0.192. The summed E-state index contributed by atoms with van der Waals surface area (Å²) in [6.07, 6.45) is 0.789. The Hall–Kier alpha value is -3.75. The van der Waals surface area contributed by atoms with Gasteiger partial charge in [0, 0.05) is 17.5 Å². The molecule has 0 aliphatic heterocycles. The first kappa shape index (κ1) is 23.4. The molecule has 0 atom stereocenters. The number of hydrogen-bond donors (Lipinski definition) is 1. The highest BCUT2D eigenvalue weighted by atomic mass is 32.2. The summed E-state index contributed by atoms with van der Waals surface area (Å²) in [7, 11) is 1.29. The van der Waals surface area contributed by atoms with Gasteiger partial charge in [-0.1, -0.05) is 55.5 Å². The fourth-order valence-corrected chi connectivity index (χ4v) is 4.24. The fourth-order valence-electron chi connectivity index (χ4n) is 3.94. The number of aryl methyl sites for hydroxylation is 1. The third-order valence-electron chi connectivity index (χ3n) is 5.50. The van der Waals surface area contributed by atoms with E-state index in [1.165, 1.54) is 0 Å². The quantitative estimate of drug-likeness (QED) is 0.383. The second-order valence-electron chi connectivity index (χ2n) is 8.24. The van der Waals surface area contributed by atoms with E-state index < -0.39 is 10.5 Å². The van der Waals surface area contributed by atoms with Crippen LogP contribution >= 0.6 is 0 Å². The molecule has 0 saturated heterocycles. The largest absolute Gasteiger partial charge is 0.493 e. The SMILES string of the molecule is CCc1ccc2c(c1)c(C(=Nc1ccc(CN(C)C)cc1)c1ccccc1)c(O)n2N=S(=O)=O. The first-order chi connectivity index (χ1) is 16.4. The first-order valence-corrected chi connectivity index (χ1v) is 12.0. The maximum Gasteiger partial charge on any atom is 0.333 e. The number of benzene rings is 3. The Morgan fingerprint density at radius 2 is 1.65 bits per heavy atom. The van der Waals surface area contributed by atoms with E-state index in [1.807, 2.05) is 87.7 Å². The van der Waals surface area contributed by atoms with Gasteiger partial charge in [-0.25, -0.2) is 4.99 Å². The van der Waals surface area contributed by atoms with E-state index in [2.05, 4.69) is 9.37 Å². The van der Waals surface area contributed by atoms with Gasteiger partial charge in [0.15, 0.2) is 0 Å². The predicted octanol–water partition coefficient (Wildman–Crippen LogP) is 4.97. The predicted molar refractivity (Wildman–Crippen MR) is 135 cm³/mol. The third kappa shape index (κ3) is 4.93. The molecule has 0 radical (unpaired) electrons. The molecule has 34 heavy (non-hydrogen) atoms. The highest BCUT2D eigenvalue weighted by molar-refractivity contribution is 7.61. The zero-order valence-electron chi connectivity index (χ0n) is 19.3. The van der Waals surface area contributed by atoms with Gasteiger partial charge in [0.2, 0.25) is 5.88 Å². The molecule has 4 aromatic rings. The van der Waals surface area contributed by atoms with Gasteiger partial charge >= 0.3 is 10.5 Å². The van der Waals surface area contributed by atoms with Crippen LogP contribution in [0.2, 0.25) is 0 Å². The van der Waals surface area contributed by atoms with Crippen molar-refractivity contribution in [3.05, 3.63) is 95.1 Å². The molecule has 0 amide bonds. The number of aromatic nitrogens is 1. The molecule has 0 saturated carbocycles. The van der Waals surface area contributed by atoms with Crippen LogP contribution in [0.5, 0.6) is 5.88 Å². The summed E-state index contributed by atoms with van der Waals surface area (Å²) in [4.78, 5) is 7.00. The summed E-state index contributed by atoms with van der Waals surface area (Å²) < 4.78 is 27.5. The van der Waals surface area contributed by atoms with Crippen LogP contribution in [0.25, 0.3) is 10.9 Å². The van der Waals surface area contributed by atoms with Gasteiger partial charge in [-0.3, -0.25) is 0 Å². The molecular formula is C26H26N4O3S. The van der Waals surface area contributed by atoms with Gasteiger partial charge in [-0.2, -0.15) is 13.1 Å². The summed E-state index contributed by atoms with van der Waals surface area (Å²) >= 11 is 0. The summed E-state index contributed by atoms with van der Waals surface area (Å²) in [5, 5.41) is 11.9. The van der Waals surface area contributed by atoms with Gasteiger partial charge in [-0.05, 0) is 60.4 Å². The zero-order chi connectivity index (χ0) is 24.2. The lowest BCUT2D eigenvalue weighted by molar-refractivity contribution is 0.402. The van der Waals surface area contributed by atoms with Crippen LogP contribution in [0.4, 0.5) is 5.69 Å². The second kappa shape index (κ2) is 10.0. The van der Waals surface area contributed by atoms with Crippen LogP contribution in [-0.4, -0.2) is 42.9 Å². The summed E-state index contributed by atoms with van der Waals surface area (Å²) in [6.45, 7) is 2.85. The minimum atomic E-state index is -2.75. The van der Waals surface area contributed by atoms with Crippen LogP contribution < -0.4 is 0 Å². The van der Waals surface area contributed by atoms with Crippen molar-refractivity contribution < 1.29 is 13.5 Å². The molecule has 0 spiro atoms. The molecule has 0 aliphatic carbocycles. The standard InChI is InChI=1S/C26H26N4O3S/c1-4-18-12-15-23-22(16-18)24(26(31)30(23)28-34(32)33)25(20-8-6-5-7-9-20)27-21-13-10-19(11-14-21)17-29(2)3/h5-16,31H,4,17H2,1-3H3. The lowest BCUT2D eigenvalue weighted by Crippen LogP contribution is -2.10. The molecule has 3 aromatic carbocycles.